The predicted molar refractivity (Wildman–Crippen MR) is 118 cm³/mol. The Balaban J connectivity index is 1.79. The van der Waals surface area contributed by atoms with Crippen LogP contribution < -0.4 is 15.0 Å². The number of nitrogens with one attached hydrogen (secondary N) is 2. The molecule has 8 nitrogen and oxygen atoms in total. The van der Waals surface area contributed by atoms with Crippen LogP contribution in [-0.2, 0) is 9.53 Å². The highest BCUT2D eigenvalue weighted by Gasteiger charge is 2.27. The van der Waals surface area contributed by atoms with Crippen molar-refractivity contribution in [3.05, 3.63) is 40.7 Å². The highest BCUT2D eigenvalue weighted by molar-refractivity contribution is 6.05. The Kier molecular flexibility index (Phi) is 6.68. The number of H-pyrrole nitrogens is 1. The fraction of sp³-hybridized carbons (Fsp3) is 0.435. The van der Waals surface area contributed by atoms with E-state index in [0.717, 1.165) is 12.1 Å². The first-order valence-corrected chi connectivity index (χ1v) is 10.4. The van der Waals surface area contributed by atoms with E-state index in [2.05, 4.69) is 10.3 Å². The molecule has 0 spiro atoms. The third-order valence-electron chi connectivity index (χ3n) is 5.48. The largest absolute Gasteiger partial charge is 0.494 e. The molecule has 31 heavy (non-hydrogen) atoms. The van der Waals surface area contributed by atoms with Gasteiger partial charge < -0.3 is 24.7 Å². The molecule has 1 amide bonds. The van der Waals surface area contributed by atoms with Gasteiger partial charge in [-0.1, -0.05) is 0 Å². The van der Waals surface area contributed by atoms with E-state index in [9.17, 15) is 14.4 Å². The van der Waals surface area contributed by atoms with Gasteiger partial charge >= 0.3 is 5.97 Å². The van der Waals surface area contributed by atoms with Crippen LogP contribution in [0.2, 0.25) is 0 Å². The Labute approximate surface area is 181 Å². The van der Waals surface area contributed by atoms with E-state index in [4.69, 9.17) is 9.47 Å². The molecule has 1 aromatic heterocycles. The number of methoxy groups -OCH3 is 1. The lowest BCUT2D eigenvalue weighted by Gasteiger charge is -2.21. The molecule has 2 N–H and O–H groups in total. The van der Waals surface area contributed by atoms with Crippen LogP contribution >= 0.6 is 0 Å². The van der Waals surface area contributed by atoms with Gasteiger partial charge in [0.15, 0.2) is 0 Å². The quantitative estimate of drug-likeness (QED) is 0.493. The lowest BCUT2D eigenvalue weighted by molar-refractivity contribution is -0.117. The molecule has 1 aliphatic heterocycles. The van der Waals surface area contributed by atoms with Crippen LogP contribution in [-0.4, -0.2) is 48.9 Å². The van der Waals surface area contributed by atoms with E-state index >= 15 is 0 Å². The molecule has 2 heterocycles. The van der Waals surface area contributed by atoms with E-state index in [1.54, 1.807) is 45.8 Å². The second-order valence-corrected chi connectivity index (χ2v) is 7.61. The minimum absolute atomic E-state index is 0.0811. The number of Topliss-reactive ketones (excluding diaryl/α,β-unsaturated/α-hetero) is 1. The highest BCUT2D eigenvalue weighted by atomic mass is 16.5. The maximum atomic E-state index is 13.1. The van der Waals surface area contributed by atoms with Crippen molar-refractivity contribution in [2.75, 3.05) is 30.5 Å². The maximum absolute atomic E-state index is 13.1. The van der Waals surface area contributed by atoms with Crippen molar-refractivity contribution in [1.82, 2.24) is 4.98 Å². The standard InChI is InChI=1S/C23H29N3O5/c1-6-31-23(29)20-13(2)21(25-14(20)3)22(28)15(4)24-16-9-10-17(18(12-16)30-5)26-11-7-8-19(26)27/h9-10,12,15,24-25H,6-8,11H2,1-5H3. The smallest absolute Gasteiger partial charge is 0.340 e. The Morgan fingerprint density at radius 2 is 2.03 bits per heavy atom. The summed E-state index contributed by atoms with van der Waals surface area (Å²) in [6.45, 7) is 7.92. The summed E-state index contributed by atoms with van der Waals surface area (Å²) in [5.41, 5.74) is 3.39. The number of rotatable bonds is 8. The number of hydrogen-bond acceptors (Lipinski definition) is 6. The molecule has 8 heteroatoms. The molecular formula is C23H29N3O5. The van der Waals surface area contributed by atoms with Crippen LogP contribution in [0.4, 0.5) is 11.4 Å². The van der Waals surface area contributed by atoms with Crippen molar-refractivity contribution in [3.63, 3.8) is 0 Å². The first kappa shape index (κ1) is 22.4. The Morgan fingerprint density at radius 3 is 2.65 bits per heavy atom. The summed E-state index contributed by atoms with van der Waals surface area (Å²) >= 11 is 0. The number of hydrogen-bond donors (Lipinski definition) is 2. The van der Waals surface area contributed by atoms with E-state index < -0.39 is 12.0 Å². The second kappa shape index (κ2) is 9.24. The van der Waals surface area contributed by atoms with E-state index in [0.29, 0.717) is 46.9 Å². The van der Waals surface area contributed by atoms with Crippen molar-refractivity contribution < 1.29 is 23.9 Å². The number of aromatic nitrogens is 1. The zero-order chi connectivity index (χ0) is 22.7. The maximum Gasteiger partial charge on any atom is 0.340 e. The molecule has 2 aromatic rings. The van der Waals surface area contributed by atoms with Crippen LogP contribution in [0.5, 0.6) is 5.75 Å². The summed E-state index contributed by atoms with van der Waals surface area (Å²) in [7, 11) is 1.56. The van der Waals surface area contributed by atoms with Crippen molar-refractivity contribution in [2.24, 2.45) is 0 Å². The second-order valence-electron chi connectivity index (χ2n) is 7.61. The average molecular weight is 428 g/mol. The summed E-state index contributed by atoms with van der Waals surface area (Å²) in [5.74, 6) is 0.0352. The van der Waals surface area contributed by atoms with Crippen molar-refractivity contribution in [1.29, 1.82) is 0 Å². The minimum Gasteiger partial charge on any atom is -0.494 e. The third kappa shape index (κ3) is 4.42. The lowest BCUT2D eigenvalue weighted by atomic mass is 10.0. The van der Waals surface area contributed by atoms with E-state index in [-0.39, 0.29) is 18.3 Å². The van der Waals surface area contributed by atoms with E-state index in [1.165, 1.54) is 0 Å². The molecule has 0 aliphatic carbocycles. The van der Waals surface area contributed by atoms with Crippen molar-refractivity contribution in [3.8, 4) is 5.75 Å². The summed E-state index contributed by atoms with van der Waals surface area (Å²) in [6.07, 6.45) is 1.37. The van der Waals surface area contributed by atoms with Gasteiger partial charge in [0.05, 0.1) is 36.7 Å². The molecule has 1 atom stereocenters. The van der Waals surface area contributed by atoms with Gasteiger partial charge in [0.25, 0.3) is 0 Å². The number of esters is 1. The number of ether oxygens (including phenoxy) is 2. The summed E-state index contributed by atoms with van der Waals surface area (Å²) in [5, 5.41) is 3.19. The number of carbonyl (C=O) groups excluding carboxylic acids is 3. The van der Waals surface area contributed by atoms with Crippen LogP contribution in [0.1, 0.15) is 58.8 Å². The number of nitrogens with zero attached hydrogens (tertiary/aromatic N) is 1. The molecule has 1 fully saturated rings. The molecule has 0 bridgehead atoms. The summed E-state index contributed by atoms with van der Waals surface area (Å²) in [4.78, 5) is 42.1. The van der Waals surface area contributed by atoms with E-state index in [1.807, 2.05) is 12.1 Å². The molecule has 1 unspecified atom stereocenters. The molecule has 166 valence electrons. The molecular weight excluding hydrogens is 398 g/mol. The monoisotopic (exact) mass is 427 g/mol. The van der Waals surface area contributed by atoms with Gasteiger partial charge in [-0.15, -0.1) is 0 Å². The molecule has 0 saturated carbocycles. The Morgan fingerprint density at radius 1 is 1.29 bits per heavy atom. The van der Waals surface area contributed by atoms with Gasteiger partial charge in [0.2, 0.25) is 11.7 Å². The zero-order valence-electron chi connectivity index (χ0n) is 18.6. The van der Waals surface area contributed by atoms with Crippen LogP contribution in [0, 0.1) is 13.8 Å². The number of aromatic amines is 1. The fourth-order valence-corrected chi connectivity index (χ4v) is 3.93. The summed E-state index contributed by atoms with van der Waals surface area (Å²) in [6, 6.07) is 4.87. The van der Waals surface area contributed by atoms with Gasteiger partial charge in [-0.2, -0.15) is 0 Å². The van der Waals surface area contributed by atoms with Crippen molar-refractivity contribution in [2.45, 2.75) is 46.6 Å². The number of amides is 1. The number of benzene rings is 1. The predicted octanol–water partition coefficient (Wildman–Crippen LogP) is 3.63. The first-order chi connectivity index (χ1) is 14.8. The normalized spacial score (nSPS) is 14.5. The molecule has 1 aliphatic rings. The number of aryl methyl sites for hydroxylation is 1. The summed E-state index contributed by atoms with van der Waals surface area (Å²) < 4.78 is 10.6. The molecule has 3 rings (SSSR count). The van der Waals surface area contributed by atoms with Crippen molar-refractivity contribution >= 4 is 29.0 Å². The minimum atomic E-state index is -0.559. The molecule has 0 radical (unpaired) electrons. The fourth-order valence-electron chi connectivity index (χ4n) is 3.93. The number of carbonyl (C=O) groups is 3. The molecule has 1 saturated heterocycles. The average Bonchev–Trinajstić information content (AvgIpc) is 3.29. The topological polar surface area (TPSA) is 101 Å². The van der Waals surface area contributed by atoms with Crippen LogP contribution in [0.15, 0.2) is 18.2 Å². The van der Waals surface area contributed by atoms with Crippen LogP contribution in [0.3, 0.4) is 0 Å². The first-order valence-electron chi connectivity index (χ1n) is 10.4. The van der Waals surface area contributed by atoms with Crippen LogP contribution in [0.25, 0.3) is 0 Å². The SMILES string of the molecule is CCOC(=O)c1c(C)[nH]c(C(=O)C(C)Nc2ccc(N3CCCC3=O)c(OC)c2)c1C. The van der Waals surface area contributed by atoms with Gasteiger partial charge in [-0.3, -0.25) is 9.59 Å². The van der Waals surface area contributed by atoms with Gasteiger partial charge in [-0.25, -0.2) is 4.79 Å². The zero-order valence-corrected chi connectivity index (χ0v) is 18.6. The van der Waals surface area contributed by atoms with Gasteiger partial charge in [-0.05, 0) is 51.8 Å². The van der Waals surface area contributed by atoms with Gasteiger partial charge in [0.1, 0.15) is 5.75 Å². The molecule has 1 aromatic carbocycles. The lowest BCUT2D eigenvalue weighted by Crippen LogP contribution is -2.27. The van der Waals surface area contributed by atoms with Gasteiger partial charge in [0, 0.05) is 30.4 Å². The Hall–Kier alpha value is -3.29. The third-order valence-corrected chi connectivity index (χ3v) is 5.48. The Bertz CT molecular complexity index is 1010. The number of ketones is 1. The number of anilines is 2. The highest BCUT2D eigenvalue weighted by Crippen LogP contribution is 2.34.